The molecule has 0 aliphatic heterocycles. The molecule has 0 atom stereocenters. The number of phenolic OH excluding ortho intramolecular Hbond substituents is 1. The summed E-state index contributed by atoms with van der Waals surface area (Å²) < 4.78 is 0. The first-order valence-corrected chi connectivity index (χ1v) is 6.16. The van der Waals surface area contributed by atoms with E-state index in [1.165, 1.54) is 11.1 Å². The molecule has 2 aromatic carbocycles. The van der Waals surface area contributed by atoms with Gasteiger partial charge in [0.15, 0.2) is 0 Å². The SMILES string of the molecule is Cc1cc(NCc2ccccc2C)c(C)cc1O. The summed E-state index contributed by atoms with van der Waals surface area (Å²) in [5.41, 5.74) is 5.62. The number of anilines is 1. The largest absolute Gasteiger partial charge is 0.508 e. The van der Waals surface area contributed by atoms with Crippen molar-refractivity contribution in [1.29, 1.82) is 0 Å². The van der Waals surface area contributed by atoms with E-state index in [-0.39, 0.29) is 0 Å². The van der Waals surface area contributed by atoms with Gasteiger partial charge in [0.1, 0.15) is 5.75 Å². The highest BCUT2D eigenvalue weighted by Gasteiger charge is 2.04. The summed E-state index contributed by atoms with van der Waals surface area (Å²) in [6, 6.07) is 12.1. The fourth-order valence-corrected chi connectivity index (χ4v) is 1.99. The van der Waals surface area contributed by atoms with Crippen LogP contribution in [0.25, 0.3) is 0 Å². The minimum Gasteiger partial charge on any atom is -0.508 e. The first-order chi connectivity index (χ1) is 8.58. The van der Waals surface area contributed by atoms with Gasteiger partial charge in [0.25, 0.3) is 0 Å². The zero-order valence-electron chi connectivity index (χ0n) is 11.1. The molecule has 0 heterocycles. The number of phenols is 1. The van der Waals surface area contributed by atoms with Gasteiger partial charge in [0.2, 0.25) is 0 Å². The van der Waals surface area contributed by atoms with E-state index in [0.29, 0.717) is 5.75 Å². The Morgan fingerprint density at radius 3 is 2.39 bits per heavy atom. The van der Waals surface area contributed by atoms with Crippen LogP contribution in [0.3, 0.4) is 0 Å². The molecule has 0 aliphatic carbocycles. The summed E-state index contributed by atoms with van der Waals surface area (Å²) in [4.78, 5) is 0. The van der Waals surface area contributed by atoms with E-state index in [0.717, 1.165) is 23.4 Å². The molecular weight excluding hydrogens is 222 g/mol. The summed E-state index contributed by atoms with van der Waals surface area (Å²) in [7, 11) is 0. The smallest absolute Gasteiger partial charge is 0.118 e. The van der Waals surface area contributed by atoms with E-state index < -0.39 is 0 Å². The summed E-state index contributed by atoms with van der Waals surface area (Å²) in [5, 5.41) is 13.1. The monoisotopic (exact) mass is 241 g/mol. The molecule has 0 fully saturated rings. The Balaban J connectivity index is 2.16. The van der Waals surface area contributed by atoms with Gasteiger partial charge in [-0.05, 0) is 55.2 Å². The van der Waals surface area contributed by atoms with Crippen molar-refractivity contribution in [3.63, 3.8) is 0 Å². The van der Waals surface area contributed by atoms with Crippen LogP contribution < -0.4 is 5.32 Å². The Morgan fingerprint density at radius 2 is 1.67 bits per heavy atom. The molecule has 0 aliphatic rings. The van der Waals surface area contributed by atoms with Gasteiger partial charge >= 0.3 is 0 Å². The quantitative estimate of drug-likeness (QED) is 0.798. The Hall–Kier alpha value is -1.96. The molecule has 2 N–H and O–H groups in total. The highest BCUT2D eigenvalue weighted by atomic mass is 16.3. The predicted molar refractivity (Wildman–Crippen MR) is 76.1 cm³/mol. The molecule has 0 saturated carbocycles. The molecule has 2 rings (SSSR count). The Labute approximate surface area is 108 Å². The van der Waals surface area contributed by atoms with Gasteiger partial charge in [-0.1, -0.05) is 24.3 Å². The number of rotatable bonds is 3. The molecule has 0 spiro atoms. The zero-order chi connectivity index (χ0) is 13.1. The molecule has 0 bridgehead atoms. The van der Waals surface area contributed by atoms with Crippen molar-refractivity contribution in [1.82, 2.24) is 0 Å². The second kappa shape index (κ2) is 5.13. The van der Waals surface area contributed by atoms with Crippen LogP contribution in [-0.4, -0.2) is 5.11 Å². The van der Waals surface area contributed by atoms with Crippen molar-refractivity contribution in [2.45, 2.75) is 27.3 Å². The standard InChI is InChI=1S/C16H19NO/c1-11-6-4-5-7-14(11)10-17-15-8-13(3)16(18)9-12(15)2/h4-9,17-18H,10H2,1-3H3. The number of hydrogen-bond acceptors (Lipinski definition) is 2. The number of benzene rings is 2. The van der Waals surface area contributed by atoms with Gasteiger partial charge < -0.3 is 10.4 Å². The number of hydrogen-bond donors (Lipinski definition) is 2. The molecule has 2 aromatic rings. The normalized spacial score (nSPS) is 10.4. The maximum Gasteiger partial charge on any atom is 0.118 e. The van der Waals surface area contributed by atoms with Gasteiger partial charge in [0, 0.05) is 12.2 Å². The second-order valence-electron chi connectivity index (χ2n) is 4.73. The highest BCUT2D eigenvalue weighted by Crippen LogP contribution is 2.25. The predicted octanol–water partition coefficient (Wildman–Crippen LogP) is 3.93. The zero-order valence-corrected chi connectivity index (χ0v) is 11.1. The molecule has 0 saturated heterocycles. The molecule has 2 nitrogen and oxygen atoms in total. The second-order valence-corrected chi connectivity index (χ2v) is 4.73. The van der Waals surface area contributed by atoms with Crippen molar-refractivity contribution in [3.05, 3.63) is 58.7 Å². The van der Waals surface area contributed by atoms with Crippen LogP contribution in [0, 0.1) is 20.8 Å². The Bertz CT molecular complexity index is 561. The molecule has 94 valence electrons. The van der Waals surface area contributed by atoms with Gasteiger partial charge in [-0.15, -0.1) is 0 Å². The van der Waals surface area contributed by atoms with Crippen LogP contribution in [0.15, 0.2) is 36.4 Å². The molecule has 0 amide bonds. The first-order valence-electron chi connectivity index (χ1n) is 6.16. The van der Waals surface area contributed by atoms with Crippen molar-refractivity contribution in [2.75, 3.05) is 5.32 Å². The lowest BCUT2D eigenvalue weighted by molar-refractivity contribution is 0.471. The van der Waals surface area contributed by atoms with Gasteiger partial charge in [0.05, 0.1) is 0 Å². The average Bonchev–Trinajstić information content (AvgIpc) is 2.34. The van der Waals surface area contributed by atoms with Gasteiger partial charge in [-0.2, -0.15) is 0 Å². The number of nitrogens with one attached hydrogen (secondary N) is 1. The molecule has 0 radical (unpaired) electrons. The van der Waals surface area contributed by atoms with Crippen molar-refractivity contribution >= 4 is 5.69 Å². The van der Waals surface area contributed by atoms with Crippen LogP contribution in [0.1, 0.15) is 22.3 Å². The van der Waals surface area contributed by atoms with Crippen LogP contribution in [0.4, 0.5) is 5.69 Å². The summed E-state index contributed by atoms with van der Waals surface area (Å²) in [6.07, 6.45) is 0. The van der Waals surface area contributed by atoms with E-state index in [1.807, 2.05) is 19.9 Å². The Kier molecular flexibility index (Phi) is 3.56. The van der Waals surface area contributed by atoms with Crippen LogP contribution in [0.2, 0.25) is 0 Å². The fourth-order valence-electron chi connectivity index (χ4n) is 1.99. The van der Waals surface area contributed by atoms with E-state index in [2.05, 4.69) is 36.5 Å². The lowest BCUT2D eigenvalue weighted by Gasteiger charge is -2.13. The number of aryl methyl sites for hydroxylation is 3. The van der Waals surface area contributed by atoms with E-state index >= 15 is 0 Å². The van der Waals surface area contributed by atoms with E-state index in [9.17, 15) is 5.11 Å². The summed E-state index contributed by atoms with van der Waals surface area (Å²) in [6.45, 7) is 6.83. The molecule has 18 heavy (non-hydrogen) atoms. The summed E-state index contributed by atoms with van der Waals surface area (Å²) in [5.74, 6) is 0.356. The topological polar surface area (TPSA) is 32.3 Å². The molecule has 0 unspecified atom stereocenters. The highest BCUT2D eigenvalue weighted by molar-refractivity contribution is 5.56. The maximum atomic E-state index is 9.63. The summed E-state index contributed by atoms with van der Waals surface area (Å²) >= 11 is 0. The lowest BCUT2D eigenvalue weighted by atomic mass is 10.1. The van der Waals surface area contributed by atoms with Gasteiger partial charge in [-0.25, -0.2) is 0 Å². The fraction of sp³-hybridized carbons (Fsp3) is 0.250. The first kappa shape index (κ1) is 12.5. The van der Waals surface area contributed by atoms with Gasteiger partial charge in [-0.3, -0.25) is 0 Å². The Morgan fingerprint density at radius 1 is 0.944 bits per heavy atom. The van der Waals surface area contributed by atoms with Crippen molar-refractivity contribution < 1.29 is 5.11 Å². The third-order valence-electron chi connectivity index (χ3n) is 3.27. The van der Waals surface area contributed by atoms with Crippen molar-refractivity contribution in [3.8, 4) is 5.75 Å². The van der Waals surface area contributed by atoms with Crippen LogP contribution >= 0.6 is 0 Å². The average molecular weight is 241 g/mol. The molecule has 2 heteroatoms. The number of aromatic hydroxyl groups is 1. The van der Waals surface area contributed by atoms with E-state index in [4.69, 9.17) is 0 Å². The molecule has 0 aromatic heterocycles. The van der Waals surface area contributed by atoms with Crippen LogP contribution in [-0.2, 0) is 6.54 Å². The minimum atomic E-state index is 0.356. The third-order valence-corrected chi connectivity index (χ3v) is 3.27. The van der Waals surface area contributed by atoms with Crippen molar-refractivity contribution in [2.24, 2.45) is 0 Å². The van der Waals surface area contributed by atoms with Crippen LogP contribution in [0.5, 0.6) is 5.75 Å². The maximum absolute atomic E-state index is 9.63. The third kappa shape index (κ3) is 2.65. The lowest BCUT2D eigenvalue weighted by Crippen LogP contribution is -2.02. The van der Waals surface area contributed by atoms with E-state index in [1.54, 1.807) is 6.07 Å². The minimum absolute atomic E-state index is 0.356. The molecular formula is C16H19NO.